The van der Waals surface area contributed by atoms with Crippen molar-refractivity contribution in [1.29, 1.82) is 0 Å². The zero-order valence-corrected chi connectivity index (χ0v) is 16.3. The van der Waals surface area contributed by atoms with Crippen molar-refractivity contribution in [2.75, 3.05) is 20.8 Å². The zero-order chi connectivity index (χ0) is 18.7. The predicted octanol–water partition coefficient (Wildman–Crippen LogP) is 3.93. The van der Waals surface area contributed by atoms with E-state index in [-0.39, 0.29) is 6.04 Å². The summed E-state index contributed by atoms with van der Waals surface area (Å²) in [4.78, 5) is 0.330. The van der Waals surface area contributed by atoms with Gasteiger partial charge in [-0.2, -0.15) is 4.31 Å². The Morgan fingerprint density at radius 1 is 1.00 bits per heavy atom. The van der Waals surface area contributed by atoms with Crippen LogP contribution in [0.2, 0.25) is 0 Å². The Labute approximate surface area is 155 Å². The molecule has 2 aromatic carbocycles. The average Bonchev–Trinajstić information content (AvgIpc) is 2.67. The Bertz CT molecular complexity index is 862. The second-order valence-electron chi connectivity index (χ2n) is 6.55. The molecule has 0 amide bonds. The summed E-state index contributed by atoms with van der Waals surface area (Å²) in [5.74, 6) is 1.38. The lowest BCUT2D eigenvalue weighted by Crippen LogP contribution is -2.38. The highest BCUT2D eigenvalue weighted by Crippen LogP contribution is 2.40. The molecule has 2 aromatic rings. The lowest BCUT2D eigenvalue weighted by molar-refractivity contribution is 0.249. The van der Waals surface area contributed by atoms with Crippen molar-refractivity contribution < 1.29 is 17.9 Å². The molecule has 6 heteroatoms. The van der Waals surface area contributed by atoms with Crippen LogP contribution >= 0.6 is 0 Å². The van der Waals surface area contributed by atoms with Crippen LogP contribution in [0.1, 0.15) is 36.4 Å². The smallest absolute Gasteiger partial charge is 0.243 e. The van der Waals surface area contributed by atoms with E-state index in [0.29, 0.717) is 22.9 Å². The van der Waals surface area contributed by atoms with Crippen molar-refractivity contribution >= 4 is 10.0 Å². The summed E-state index contributed by atoms with van der Waals surface area (Å²) >= 11 is 0. The average molecular weight is 375 g/mol. The molecular formula is C20H25NO4S. The van der Waals surface area contributed by atoms with Gasteiger partial charge in [0.2, 0.25) is 10.0 Å². The van der Waals surface area contributed by atoms with Gasteiger partial charge in [0.25, 0.3) is 0 Å². The first kappa shape index (κ1) is 18.7. The molecular weight excluding hydrogens is 350 g/mol. The van der Waals surface area contributed by atoms with Gasteiger partial charge in [-0.15, -0.1) is 0 Å². The third-order valence-corrected chi connectivity index (χ3v) is 6.80. The summed E-state index contributed by atoms with van der Waals surface area (Å²) in [6, 6.07) is 12.3. The fraction of sp³-hybridized carbons (Fsp3) is 0.400. The molecule has 5 nitrogen and oxygen atoms in total. The maximum atomic E-state index is 13.3. The standard InChI is InChI=1S/C20H25NO4S/c1-15-7-10-17(11-8-15)26(22,23)21-13-5-4-6-19(21)18-14-16(24-2)9-12-20(18)25-3/h7-12,14,19H,4-6,13H2,1-3H3. The molecule has 26 heavy (non-hydrogen) atoms. The molecule has 1 aliphatic heterocycles. The van der Waals surface area contributed by atoms with Crippen LogP contribution in [0.25, 0.3) is 0 Å². The van der Waals surface area contributed by atoms with Crippen LogP contribution in [0.15, 0.2) is 47.4 Å². The number of aryl methyl sites for hydroxylation is 1. The molecule has 0 bridgehead atoms. The molecule has 0 radical (unpaired) electrons. The van der Waals surface area contributed by atoms with Gasteiger partial charge in [-0.3, -0.25) is 0 Å². The Morgan fingerprint density at radius 2 is 1.73 bits per heavy atom. The molecule has 140 valence electrons. The van der Waals surface area contributed by atoms with Crippen LogP contribution < -0.4 is 9.47 Å². The Balaban J connectivity index is 2.05. The first-order chi connectivity index (χ1) is 12.5. The molecule has 1 atom stereocenters. The lowest BCUT2D eigenvalue weighted by atomic mass is 9.96. The zero-order valence-electron chi connectivity index (χ0n) is 15.4. The van der Waals surface area contributed by atoms with E-state index in [2.05, 4.69) is 0 Å². The normalized spacial score (nSPS) is 18.5. The van der Waals surface area contributed by atoms with Gasteiger partial charge in [0.05, 0.1) is 25.2 Å². The SMILES string of the molecule is COc1ccc(OC)c(C2CCCCN2S(=O)(=O)c2ccc(C)cc2)c1. The van der Waals surface area contributed by atoms with E-state index in [1.54, 1.807) is 30.7 Å². The Kier molecular flexibility index (Phi) is 5.53. The number of hydrogen-bond donors (Lipinski definition) is 0. The van der Waals surface area contributed by atoms with Gasteiger partial charge in [0.1, 0.15) is 11.5 Å². The molecule has 3 rings (SSSR count). The van der Waals surface area contributed by atoms with E-state index in [0.717, 1.165) is 30.4 Å². The lowest BCUT2D eigenvalue weighted by Gasteiger charge is -2.35. The van der Waals surface area contributed by atoms with Crippen LogP contribution in [0.3, 0.4) is 0 Å². The van der Waals surface area contributed by atoms with Crippen molar-refractivity contribution in [1.82, 2.24) is 4.31 Å². The highest BCUT2D eigenvalue weighted by molar-refractivity contribution is 7.89. The van der Waals surface area contributed by atoms with E-state index in [1.165, 1.54) is 0 Å². The Morgan fingerprint density at radius 3 is 2.38 bits per heavy atom. The van der Waals surface area contributed by atoms with E-state index < -0.39 is 10.0 Å². The third kappa shape index (κ3) is 3.57. The second-order valence-corrected chi connectivity index (χ2v) is 8.44. The van der Waals surface area contributed by atoms with E-state index in [4.69, 9.17) is 9.47 Å². The summed E-state index contributed by atoms with van der Waals surface area (Å²) in [5.41, 5.74) is 1.89. The Hall–Kier alpha value is -2.05. The number of methoxy groups -OCH3 is 2. The molecule has 0 N–H and O–H groups in total. The topological polar surface area (TPSA) is 55.8 Å². The summed E-state index contributed by atoms with van der Waals surface area (Å²) in [5, 5.41) is 0. The number of nitrogens with zero attached hydrogens (tertiary/aromatic N) is 1. The van der Waals surface area contributed by atoms with E-state index in [1.807, 2.05) is 37.3 Å². The molecule has 0 aliphatic carbocycles. The minimum atomic E-state index is -3.58. The van der Waals surface area contributed by atoms with Crippen molar-refractivity contribution in [3.63, 3.8) is 0 Å². The molecule has 1 fully saturated rings. The van der Waals surface area contributed by atoms with Crippen LogP contribution in [0, 0.1) is 6.92 Å². The quantitative estimate of drug-likeness (QED) is 0.795. The van der Waals surface area contributed by atoms with Crippen molar-refractivity contribution in [3.8, 4) is 11.5 Å². The third-order valence-electron chi connectivity index (χ3n) is 4.88. The van der Waals surface area contributed by atoms with Crippen molar-refractivity contribution in [3.05, 3.63) is 53.6 Å². The van der Waals surface area contributed by atoms with Crippen LogP contribution in [0.5, 0.6) is 11.5 Å². The molecule has 0 spiro atoms. The largest absolute Gasteiger partial charge is 0.497 e. The number of piperidine rings is 1. The summed E-state index contributed by atoms with van der Waals surface area (Å²) in [6.07, 6.45) is 2.59. The molecule has 1 saturated heterocycles. The summed E-state index contributed by atoms with van der Waals surface area (Å²) in [7, 11) is -0.375. The monoisotopic (exact) mass is 375 g/mol. The second kappa shape index (κ2) is 7.68. The van der Waals surface area contributed by atoms with Gasteiger partial charge < -0.3 is 9.47 Å². The maximum absolute atomic E-state index is 13.3. The molecule has 0 saturated carbocycles. The fourth-order valence-electron chi connectivity index (χ4n) is 3.45. The molecule has 1 heterocycles. The van der Waals surface area contributed by atoms with Gasteiger partial charge >= 0.3 is 0 Å². The summed E-state index contributed by atoms with van der Waals surface area (Å²) < 4.78 is 39.0. The van der Waals surface area contributed by atoms with Crippen LogP contribution in [-0.2, 0) is 10.0 Å². The van der Waals surface area contributed by atoms with Gasteiger partial charge in [0, 0.05) is 12.1 Å². The number of sulfonamides is 1. The predicted molar refractivity (Wildman–Crippen MR) is 101 cm³/mol. The fourth-order valence-corrected chi connectivity index (χ4v) is 5.12. The van der Waals surface area contributed by atoms with E-state index >= 15 is 0 Å². The van der Waals surface area contributed by atoms with Gasteiger partial charge in [0.15, 0.2) is 0 Å². The minimum absolute atomic E-state index is 0.264. The van der Waals surface area contributed by atoms with Crippen molar-refractivity contribution in [2.45, 2.75) is 37.1 Å². The highest BCUT2D eigenvalue weighted by Gasteiger charge is 2.36. The summed E-state index contributed by atoms with van der Waals surface area (Å²) in [6.45, 7) is 2.45. The highest BCUT2D eigenvalue weighted by atomic mass is 32.2. The number of ether oxygens (including phenoxy) is 2. The minimum Gasteiger partial charge on any atom is -0.497 e. The van der Waals surface area contributed by atoms with Crippen LogP contribution in [-0.4, -0.2) is 33.5 Å². The number of hydrogen-bond acceptors (Lipinski definition) is 4. The maximum Gasteiger partial charge on any atom is 0.243 e. The first-order valence-corrected chi connectivity index (χ1v) is 10.2. The molecule has 0 aromatic heterocycles. The van der Waals surface area contributed by atoms with Gasteiger partial charge in [-0.25, -0.2) is 8.42 Å². The molecule has 1 aliphatic rings. The van der Waals surface area contributed by atoms with Gasteiger partial charge in [-0.05, 0) is 50.1 Å². The first-order valence-electron chi connectivity index (χ1n) is 8.78. The number of benzene rings is 2. The number of rotatable bonds is 5. The molecule has 1 unspecified atom stereocenters. The van der Waals surface area contributed by atoms with Gasteiger partial charge in [-0.1, -0.05) is 24.1 Å². The van der Waals surface area contributed by atoms with Crippen LogP contribution in [0.4, 0.5) is 0 Å². The van der Waals surface area contributed by atoms with Crippen molar-refractivity contribution in [2.24, 2.45) is 0 Å². The van der Waals surface area contributed by atoms with E-state index in [9.17, 15) is 8.42 Å².